The predicted octanol–water partition coefficient (Wildman–Crippen LogP) is 5.69. The van der Waals surface area contributed by atoms with E-state index >= 15 is 0 Å². The third-order valence-corrected chi connectivity index (χ3v) is 7.93. The Morgan fingerprint density at radius 3 is 2.33 bits per heavy atom. The number of hydrogen-bond acceptors (Lipinski definition) is 5. The number of ether oxygens (including phenoxy) is 2. The maximum atomic E-state index is 14.1. The quantitative estimate of drug-likeness (QED) is 0.364. The highest BCUT2D eigenvalue weighted by molar-refractivity contribution is 9.10. The summed E-state index contributed by atoms with van der Waals surface area (Å²) in [7, 11) is 5.38. The van der Waals surface area contributed by atoms with Gasteiger partial charge < -0.3 is 30.1 Å². The lowest BCUT2D eigenvalue weighted by molar-refractivity contribution is -0.192. The van der Waals surface area contributed by atoms with Crippen molar-refractivity contribution in [3.63, 3.8) is 0 Å². The molecule has 2 aromatic carbocycles. The Labute approximate surface area is 235 Å². The van der Waals surface area contributed by atoms with Crippen LogP contribution in [0.25, 0.3) is 0 Å². The molecule has 0 radical (unpaired) electrons. The molecule has 220 valence electrons. The number of carboxylic acids is 1. The van der Waals surface area contributed by atoms with Crippen molar-refractivity contribution < 1.29 is 46.1 Å². The number of aliphatic carboxylic acids is 1. The lowest BCUT2D eigenvalue weighted by Crippen LogP contribution is -2.52. The second kappa shape index (κ2) is 12.6. The van der Waals surface area contributed by atoms with Gasteiger partial charge >= 0.3 is 18.2 Å². The first-order valence-electron chi connectivity index (χ1n) is 12.2. The molecule has 40 heavy (non-hydrogen) atoms. The average Bonchev–Trinajstić information content (AvgIpc) is 3.22. The molecular formula is C26H29BrF5N3O5. The zero-order valence-corrected chi connectivity index (χ0v) is 23.5. The monoisotopic (exact) mass is 637 g/mol. The molecular weight excluding hydrogens is 609 g/mol. The first-order valence-corrected chi connectivity index (χ1v) is 13.0. The number of anilines is 1. The van der Waals surface area contributed by atoms with Gasteiger partial charge in [-0.3, -0.25) is 0 Å². The zero-order valence-electron chi connectivity index (χ0n) is 21.9. The van der Waals surface area contributed by atoms with Crippen LogP contribution in [0.1, 0.15) is 31.2 Å². The molecule has 0 bridgehead atoms. The van der Waals surface area contributed by atoms with Crippen LogP contribution in [0.15, 0.2) is 34.8 Å². The predicted molar refractivity (Wildman–Crippen MR) is 140 cm³/mol. The Kier molecular flexibility index (Phi) is 9.88. The van der Waals surface area contributed by atoms with Gasteiger partial charge in [0.25, 0.3) is 0 Å². The van der Waals surface area contributed by atoms with E-state index in [0.717, 1.165) is 44.4 Å². The number of carbonyl (C=O) groups excluding carboxylic acids is 1. The van der Waals surface area contributed by atoms with E-state index in [2.05, 4.69) is 50.6 Å². The number of methoxy groups -OCH3 is 2. The minimum Gasteiger partial charge on any atom is -0.493 e. The van der Waals surface area contributed by atoms with E-state index in [4.69, 9.17) is 19.4 Å². The zero-order chi connectivity index (χ0) is 29.8. The standard InChI is InChI=1S/C24H28BrF2N3O3.C2HF3O2/c1-30-9-8-24(14-4-5-19(32-2)20(10-14)33-3)7-6-16(13-21(24)30)28-23(31)29-22-17(25)11-15(26)12-18(22)27;3-2(4,5)1(6)7/h4-5,10-12,16,21H,6-9,13H2,1-3H3,(H2,28,29,31);(H,6,7). The second-order valence-electron chi connectivity index (χ2n) is 9.59. The number of alkyl halides is 3. The molecule has 3 atom stereocenters. The number of urea groups is 1. The maximum Gasteiger partial charge on any atom is 0.490 e. The van der Waals surface area contributed by atoms with Gasteiger partial charge in [0.1, 0.15) is 5.82 Å². The number of fused-ring (bicyclic) bond motifs is 1. The van der Waals surface area contributed by atoms with Gasteiger partial charge in [0.2, 0.25) is 0 Å². The van der Waals surface area contributed by atoms with Crippen molar-refractivity contribution in [3.8, 4) is 11.5 Å². The van der Waals surface area contributed by atoms with Gasteiger partial charge in [-0.15, -0.1) is 0 Å². The number of hydrogen-bond donors (Lipinski definition) is 3. The molecule has 1 aliphatic carbocycles. The van der Waals surface area contributed by atoms with Crippen LogP contribution >= 0.6 is 15.9 Å². The number of amides is 2. The summed E-state index contributed by atoms with van der Waals surface area (Å²) in [5.74, 6) is -2.89. The van der Waals surface area contributed by atoms with Gasteiger partial charge in [-0.2, -0.15) is 13.2 Å². The Morgan fingerprint density at radius 2 is 1.75 bits per heavy atom. The number of halogens is 6. The molecule has 1 saturated heterocycles. The van der Waals surface area contributed by atoms with Crippen LogP contribution in [0.2, 0.25) is 0 Å². The normalized spacial score (nSPS) is 22.4. The molecule has 2 fully saturated rings. The third-order valence-electron chi connectivity index (χ3n) is 7.31. The summed E-state index contributed by atoms with van der Waals surface area (Å²) in [6.45, 7) is 0.964. The molecule has 0 spiro atoms. The highest BCUT2D eigenvalue weighted by Crippen LogP contribution is 2.49. The van der Waals surface area contributed by atoms with Gasteiger partial charge in [-0.1, -0.05) is 6.07 Å². The Bertz CT molecular complexity index is 1220. The first kappa shape index (κ1) is 31.4. The van der Waals surface area contributed by atoms with Crippen molar-refractivity contribution >= 4 is 33.6 Å². The smallest absolute Gasteiger partial charge is 0.490 e. The fraction of sp³-hybridized carbons (Fsp3) is 0.462. The summed E-state index contributed by atoms with van der Waals surface area (Å²) in [5, 5.41) is 12.6. The van der Waals surface area contributed by atoms with Crippen LogP contribution in [0.5, 0.6) is 11.5 Å². The van der Waals surface area contributed by atoms with Crippen molar-refractivity contribution in [1.82, 2.24) is 10.2 Å². The number of rotatable bonds is 5. The Hall–Kier alpha value is -3.13. The molecule has 2 aliphatic rings. The van der Waals surface area contributed by atoms with Crippen LogP contribution in [0.4, 0.5) is 32.4 Å². The number of carbonyl (C=O) groups is 2. The average molecular weight is 638 g/mol. The number of likely N-dealkylation sites (tertiary alicyclic amines) is 1. The van der Waals surface area contributed by atoms with Gasteiger partial charge in [-0.25, -0.2) is 18.4 Å². The molecule has 2 aromatic rings. The summed E-state index contributed by atoms with van der Waals surface area (Å²) in [5.41, 5.74) is 1.10. The fourth-order valence-corrected chi connectivity index (χ4v) is 5.90. The molecule has 4 rings (SSSR count). The van der Waals surface area contributed by atoms with E-state index in [-0.39, 0.29) is 27.7 Å². The number of benzene rings is 2. The molecule has 14 heteroatoms. The van der Waals surface area contributed by atoms with Gasteiger partial charge in [0.05, 0.1) is 19.9 Å². The molecule has 1 saturated carbocycles. The highest BCUT2D eigenvalue weighted by Gasteiger charge is 2.50. The Morgan fingerprint density at radius 1 is 1.10 bits per heavy atom. The lowest BCUT2D eigenvalue weighted by atomic mass is 9.65. The van der Waals surface area contributed by atoms with E-state index in [1.165, 1.54) is 5.56 Å². The van der Waals surface area contributed by atoms with Crippen LogP contribution in [-0.2, 0) is 10.2 Å². The van der Waals surface area contributed by atoms with E-state index < -0.39 is 29.8 Å². The molecule has 3 N–H and O–H groups in total. The van der Waals surface area contributed by atoms with Crippen LogP contribution < -0.4 is 20.1 Å². The maximum absolute atomic E-state index is 14.1. The number of carboxylic acid groups (broad SMARTS) is 1. The van der Waals surface area contributed by atoms with Crippen LogP contribution in [0.3, 0.4) is 0 Å². The van der Waals surface area contributed by atoms with Crippen molar-refractivity contribution in [1.29, 1.82) is 0 Å². The second-order valence-corrected chi connectivity index (χ2v) is 10.4. The molecule has 2 amide bonds. The van der Waals surface area contributed by atoms with Crippen LogP contribution in [-0.4, -0.2) is 68.1 Å². The van der Waals surface area contributed by atoms with E-state index in [9.17, 15) is 26.7 Å². The van der Waals surface area contributed by atoms with Crippen molar-refractivity contribution in [2.75, 3.05) is 33.1 Å². The molecule has 8 nitrogen and oxygen atoms in total. The van der Waals surface area contributed by atoms with E-state index in [1.807, 2.05) is 6.07 Å². The lowest BCUT2D eigenvalue weighted by Gasteiger charge is -2.45. The summed E-state index contributed by atoms with van der Waals surface area (Å²) in [6, 6.07) is 7.66. The SMILES string of the molecule is COc1ccc(C23CCC(NC(=O)Nc4c(F)cc(F)cc4Br)CC2N(C)CC3)cc1OC.O=C(O)C(F)(F)F. The first-order chi connectivity index (χ1) is 18.7. The summed E-state index contributed by atoms with van der Waals surface area (Å²) < 4.78 is 70.2. The molecule has 1 heterocycles. The van der Waals surface area contributed by atoms with Gasteiger partial charge in [0.15, 0.2) is 17.3 Å². The topological polar surface area (TPSA) is 100 Å². The van der Waals surface area contributed by atoms with E-state index in [1.54, 1.807) is 14.2 Å². The summed E-state index contributed by atoms with van der Waals surface area (Å²) in [6.07, 6.45) is -1.60. The third kappa shape index (κ3) is 6.95. The van der Waals surface area contributed by atoms with Crippen molar-refractivity contribution in [2.45, 2.75) is 49.4 Å². The minimum absolute atomic E-state index is 0.0327. The largest absolute Gasteiger partial charge is 0.493 e. The molecule has 1 aliphatic heterocycles. The number of likely N-dealkylation sites (N-methyl/N-ethyl adjacent to an activating group) is 1. The highest BCUT2D eigenvalue weighted by atomic mass is 79.9. The number of nitrogens with one attached hydrogen (secondary N) is 2. The molecule has 0 aromatic heterocycles. The van der Waals surface area contributed by atoms with Crippen LogP contribution in [0, 0.1) is 11.6 Å². The van der Waals surface area contributed by atoms with E-state index in [0.29, 0.717) is 11.5 Å². The van der Waals surface area contributed by atoms with Gasteiger partial charge in [0, 0.05) is 28.0 Å². The number of nitrogens with zero attached hydrogens (tertiary/aromatic N) is 1. The minimum atomic E-state index is -5.08. The summed E-state index contributed by atoms with van der Waals surface area (Å²) >= 11 is 3.10. The van der Waals surface area contributed by atoms with Crippen molar-refractivity contribution in [3.05, 3.63) is 52.0 Å². The van der Waals surface area contributed by atoms with Gasteiger partial charge in [-0.05, 0) is 79.0 Å². The summed E-state index contributed by atoms with van der Waals surface area (Å²) in [4.78, 5) is 23.8. The van der Waals surface area contributed by atoms with Crippen molar-refractivity contribution in [2.24, 2.45) is 0 Å². The fourth-order valence-electron chi connectivity index (χ4n) is 5.39. The molecule has 3 unspecified atom stereocenters. The Balaban J connectivity index is 0.000000559.